The van der Waals surface area contributed by atoms with E-state index >= 15 is 0 Å². The van der Waals surface area contributed by atoms with Gasteiger partial charge in [0.2, 0.25) is 5.88 Å². The van der Waals surface area contributed by atoms with Gasteiger partial charge in [-0.15, -0.1) is 11.3 Å². The fourth-order valence-electron chi connectivity index (χ4n) is 3.35. The first-order chi connectivity index (χ1) is 14.7. The zero-order valence-electron chi connectivity index (χ0n) is 18.2. The van der Waals surface area contributed by atoms with Gasteiger partial charge < -0.3 is 4.74 Å². The molecule has 0 amide bonds. The molecule has 156 valence electrons. The van der Waals surface area contributed by atoms with Gasteiger partial charge in [0.25, 0.3) is 0 Å². The summed E-state index contributed by atoms with van der Waals surface area (Å²) >= 11 is 1.73. The first-order valence-electron chi connectivity index (χ1n) is 10.5. The summed E-state index contributed by atoms with van der Waals surface area (Å²) in [6, 6.07) is 16.4. The summed E-state index contributed by atoms with van der Waals surface area (Å²) < 4.78 is 5.52. The Morgan fingerprint density at radius 3 is 2.30 bits per heavy atom. The first kappa shape index (κ1) is 21.9. The van der Waals surface area contributed by atoms with Gasteiger partial charge in [0, 0.05) is 10.9 Å². The van der Waals surface area contributed by atoms with Gasteiger partial charge in [-0.3, -0.25) is 0 Å². The summed E-state index contributed by atoms with van der Waals surface area (Å²) in [7, 11) is 1.65. The molecule has 0 unspecified atom stereocenters. The molecule has 4 nitrogen and oxygen atoms in total. The second-order valence-electron chi connectivity index (χ2n) is 6.84. The van der Waals surface area contributed by atoms with Crippen LogP contribution in [0.3, 0.4) is 0 Å². The van der Waals surface area contributed by atoms with Crippen LogP contribution in [0.4, 0.5) is 0 Å². The summed E-state index contributed by atoms with van der Waals surface area (Å²) in [5, 5.41) is 3.31. The second kappa shape index (κ2) is 10.8. The highest BCUT2D eigenvalue weighted by molar-refractivity contribution is 7.09. The molecule has 2 aromatic carbocycles. The van der Waals surface area contributed by atoms with E-state index in [1.54, 1.807) is 18.4 Å². The van der Waals surface area contributed by atoms with Crippen LogP contribution in [0.1, 0.15) is 43.0 Å². The second-order valence-corrected chi connectivity index (χ2v) is 7.90. The summed E-state index contributed by atoms with van der Waals surface area (Å²) in [5.74, 6) is 0.565. The van der Waals surface area contributed by atoms with Gasteiger partial charge in [-0.05, 0) is 56.4 Å². The number of thiazole rings is 1. The Labute approximate surface area is 183 Å². The van der Waals surface area contributed by atoms with E-state index < -0.39 is 0 Å². The Morgan fingerprint density at radius 2 is 1.60 bits per heavy atom. The zero-order valence-corrected chi connectivity index (χ0v) is 19.0. The van der Waals surface area contributed by atoms with Crippen molar-refractivity contribution in [3.8, 4) is 17.1 Å². The van der Waals surface area contributed by atoms with Crippen molar-refractivity contribution in [2.24, 2.45) is 0 Å². The number of ether oxygens (including phenoxy) is 1. The molecule has 0 saturated carbocycles. The minimum Gasteiger partial charge on any atom is -0.479 e. The van der Waals surface area contributed by atoms with Crippen LogP contribution in [0.5, 0.6) is 5.88 Å². The van der Waals surface area contributed by atoms with E-state index in [-0.39, 0.29) is 0 Å². The van der Waals surface area contributed by atoms with E-state index in [0.29, 0.717) is 5.88 Å². The fourth-order valence-corrected chi connectivity index (χ4v) is 3.99. The molecular weight excluding hydrogens is 390 g/mol. The lowest BCUT2D eigenvalue weighted by Crippen LogP contribution is -1.97. The predicted octanol–water partition coefficient (Wildman–Crippen LogP) is 6.66. The van der Waals surface area contributed by atoms with Gasteiger partial charge in [0.1, 0.15) is 5.69 Å². The largest absolute Gasteiger partial charge is 0.479 e. The van der Waals surface area contributed by atoms with Crippen molar-refractivity contribution in [3.63, 3.8) is 0 Å². The molecule has 0 radical (unpaired) electrons. The summed E-state index contributed by atoms with van der Waals surface area (Å²) in [4.78, 5) is 14.0. The van der Waals surface area contributed by atoms with Crippen molar-refractivity contribution in [1.82, 2.24) is 15.0 Å². The number of para-hydroxylation sites is 2. The van der Waals surface area contributed by atoms with Crippen LogP contribution < -0.4 is 4.74 Å². The highest BCUT2D eigenvalue weighted by atomic mass is 32.1. The highest BCUT2D eigenvalue weighted by Crippen LogP contribution is 2.29. The van der Waals surface area contributed by atoms with E-state index in [1.807, 2.05) is 38.1 Å². The molecule has 0 aliphatic rings. The van der Waals surface area contributed by atoms with E-state index in [0.717, 1.165) is 53.0 Å². The third-order valence-electron chi connectivity index (χ3n) is 4.75. The maximum absolute atomic E-state index is 5.52. The predicted molar refractivity (Wildman–Crippen MR) is 126 cm³/mol. The lowest BCUT2D eigenvalue weighted by atomic mass is 10.0. The molecule has 0 aliphatic carbocycles. The highest BCUT2D eigenvalue weighted by Gasteiger charge is 2.12. The Morgan fingerprint density at radius 1 is 0.867 bits per heavy atom. The molecule has 4 aromatic rings. The molecule has 0 fully saturated rings. The Kier molecular flexibility index (Phi) is 7.91. The third kappa shape index (κ3) is 5.42. The molecule has 0 spiro atoms. The SMILES string of the molecule is CC.COc1nc2ccccc2nc1-c1cccc(CCCCc2csc(C)n2)c1. The number of aryl methyl sites for hydroxylation is 3. The Balaban J connectivity index is 0.00000124. The molecule has 4 rings (SSSR count). The van der Waals surface area contributed by atoms with E-state index in [1.165, 1.54) is 11.3 Å². The third-order valence-corrected chi connectivity index (χ3v) is 5.57. The molecule has 2 heterocycles. The average molecular weight is 420 g/mol. The average Bonchev–Trinajstić information content (AvgIpc) is 3.22. The van der Waals surface area contributed by atoms with Crippen LogP contribution in [0, 0.1) is 6.92 Å². The summed E-state index contributed by atoms with van der Waals surface area (Å²) in [6.07, 6.45) is 4.38. The maximum atomic E-state index is 5.52. The van der Waals surface area contributed by atoms with Gasteiger partial charge in [-0.1, -0.05) is 44.2 Å². The molecule has 0 saturated heterocycles. The van der Waals surface area contributed by atoms with Crippen LogP contribution in [0.15, 0.2) is 53.9 Å². The zero-order chi connectivity index (χ0) is 21.3. The van der Waals surface area contributed by atoms with Crippen molar-refractivity contribution in [2.75, 3.05) is 7.11 Å². The standard InChI is InChI=1S/C23H23N3OS.C2H6/c1-16-24-19(15-28-16)11-4-3-8-17-9-7-10-18(14-17)22-23(27-2)26-21-13-6-5-12-20(21)25-22;1-2/h5-7,9-10,12-15H,3-4,8,11H2,1-2H3;1-2H3. The van der Waals surface area contributed by atoms with Crippen molar-refractivity contribution >= 4 is 22.4 Å². The minimum atomic E-state index is 0.565. The normalized spacial score (nSPS) is 10.5. The van der Waals surface area contributed by atoms with Crippen LogP contribution in [-0.2, 0) is 12.8 Å². The van der Waals surface area contributed by atoms with E-state index in [2.05, 4.69) is 46.5 Å². The van der Waals surface area contributed by atoms with Crippen LogP contribution in [0.2, 0.25) is 0 Å². The van der Waals surface area contributed by atoms with Crippen LogP contribution >= 0.6 is 11.3 Å². The Bertz CT molecular complexity index is 1090. The van der Waals surface area contributed by atoms with Crippen molar-refractivity contribution < 1.29 is 4.74 Å². The number of aromatic nitrogens is 3. The quantitative estimate of drug-likeness (QED) is 0.314. The van der Waals surface area contributed by atoms with Gasteiger partial charge in [0.05, 0.1) is 28.8 Å². The molecule has 0 N–H and O–H groups in total. The smallest absolute Gasteiger partial charge is 0.240 e. The fraction of sp³-hybridized carbons (Fsp3) is 0.320. The van der Waals surface area contributed by atoms with Gasteiger partial charge >= 0.3 is 0 Å². The number of hydrogen-bond donors (Lipinski definition) is 0. The first-order valence-corrected chi connectivity index (χ1v) is 11.4. The topological polar surface area (TPSA) is 47.9 Å². The van der Waals surface area contributed by atoms with Crippen molar-refractivity contribution in [3.05, 3.63) is 70.2 Å². The monoisotopic (exact) mass is 419 g/mol. The molecule has 5 heteroatoms. The summed E-state index contributed by atoms with van der Waals surface area (Å²) in [5.41, 5.74) is 6.08. The molecule has 0 atom stereocenters. The van der Waals surface area contributed by atoms with Crippen molar-refractivity contribution in [1.29, 1.82) is 0 Å². The molecule has 0 bridgehead atoms. The summed E-state index contributed by atoms with van der Waals surface area (Å²) in [6.45, 7) is 6.06. The molecule has 2 aromatic heterocycles. The number of rotatable bonds is 7. The van der Waals surface area contributed by atoms with E-state index in [9.17, 15) is 0 Å². The number of benzene rings is 2. The maximum Gasteiger partial charge on any atom is 0.240 e. The Hall–Kier alpha value is -2.79. The number of methoxy groups -OCH3 is 1. The molecular formula is C25H29N3OS. The van der Waals surface area contributed by atoms with Gasteiger partial charge in [-0.2, -0.15) is 0 Å². The van der Waals surface area contributed by atoms with Crippen LogP contribution in [0.25, 0.3) is 22.3 Å². The lowest BCUT2D eigenvalue weighted by Gasteiger charge is -2.10. The van der Waals surface area contributed by atoms with Crippen LogP contribution in [-0.4, -0.2) is 22.1 Å². The van der Waals surface area contributed by atoms with E-state index in [4.69, 9.17) is 9.72 Å². The van der Waals surface area contributed by atoms with Crippen molar-refractivity contribution in [2.45, 2.75) is 46.5 Å². The van der Waals surface area contributed by atoms with Gasteiger partial charge in [-0.25, -0.2) is 15.0 Å². The number of fused-ring (bicyclic) bond motifs is 1. The number of unbranched alkanes of at least 4 members (excludes halogenated alkanes) is 1. The molecule has 0 aliphatic heterocycles. The lowest BCUT2D eigenvalue weighted by molar-refractivity contribution is 0.400. The minimum absolute atomic E-state index is 0.565. The number of hydrogen-bond acceptors (Lipinski definition) is 5. The number of nitrogens with zero attached hydrogens (tertiary/aromatic N) is 3. The van der Waals surface area contributed by atoms with Gasteiger partial charge in [0.15, 0.2) is 0 Å². The molecule has 30 heavy (non-hydrogen) atoms.